The quantitative estimate of drug-likeness (QED) is 0.341. The zero-order chi connectivity index (χ0) is 27.0. The molecule has 0 fully saturated rings. The Morgan fingerprint density at radius 3 is 1.67 bits per heavy atom. The molecule has 2 N–H and O–H groups in total. The SMILES string of the molecule is CCC(C)(C)C(=O)OC.CCC(C)C(=O)NC(C)(C)CS(=O)(=O)O.CCOC(=O)C(C)CC. The van der Waals surface area contributed by atoms with Gasteiger partial charge in [-0.1, -0.05) is 34.6 Å². The van der Waals surface area contributed by atoms with Crippen LogP contribution in [0.5, 0.6) is 0 Å². The first-order valence-electron chi connectivity index (χ1n) is 11.4. The number of amides is 1. The Morgan fingerprint density at radius 2 is 1.39 bits per heavy atom. The highest BCUT2D eigenvalue weighted by atomic mass is 32.2. The molecule has 0 spiro atoms. The monoisotopic (exact) mass is 497 g/mol. The molecule has 0 aliphatic rings. The summed E-state index contributed by atoms with van der Waals surface area (Å²) in [5, 5.41) is 2.59. The van der Waals surface area contributed by atoms with Crippen LogP contribution < -0.4 is 5.32 Å². The van der Waals surface area contributed by atoms with Gasteiger partial charge < -0.3 is 14.8 Å². The summed E-state index contributed by atoms with van der Waals surface area (Å²) in [6.07, 6.45) is 2.37. The van der Waals surface area contributed by atoms with Crippen LogP contribution in [0.4, 0.5) is 0 Å². The van der Waals surface area contributed by atoms with Crippen molar-refractivity contribution in [2.75, 3.05) is 19.5 Å². The first-order chi connectivity index (χ1) is 14.8. The van der Waals surface area contributed by atoms with E-state index in [4.69, 9.17) is 9.29 Å². The van der Waals surface area contributed by atoms with Crippen LogP contribution in [-0.4, -0.2) is 55.8 Å². The van der Waals surface area contributed by atoms with Crippen LogP contribution in [0.3, 0.4) is 0 Å². The predicted octanol–water partition coefficient (Wildman–Crippen LogP) is 4.01. The molecule has 0 aromatic rings. The first-order valence-corrected chi connectivity index (χ1v) is 13.0. The van der Waals surface area contributed by atoms with Gasteiger partial charge in [-0.25, -0.2) is 0 Å². The van der Waals surface area contributed by atoms with Gasteiger partial charge >= 0.3 is 11.9 Å². The second-order valence-corrected chi connectivity index (χ2v) is 10.7. The molecule has 1 amide bonds. The third-order valence-electron chi connectivity index (χ3n) is 4.99. The zero-order valence-electron chi connectivity index (χ0n) is 22.4. The number of hydrogen-bond acceptors (Lipinski definition) is 7. The maximum atomic E-state index is 11.5. The van der Waals surface area contributed by atoms with Crippen molar-refractivity contribution in [2.24, 2.45) is 17.3 Å². The molecular formula is C23H47NO8S. The van der Waals surface area contributed by atoms with Gasteiger partial charge in [0.05, 0.1) is 36.3 Å². The average molecular weight is 498 g/mol. The van der Waals surface area contributed by atoms with Crippen molar-refractivity contribution in [3.8, 4) is 0 Å². The van der Waals surface area contributed by atoms with E-state index in [9.17, 15) is 22.8 Å². The Morgan fingerprint density at radius 1 is 0.939 bits per heavy atom. The van der Waals surface area contributed by atoms with E-state index < -0.39 is 21.4 Å². The highest BCUT2D eigenvalue weighted by molar-refractivity contribution is 7.85. The van der Waals surface area contributed by atoms with Gasteiger partial charge in [0.15, 0.2) is 0 Å². The average Bonchev–Trinajstić information content (AvgIpc) is 2.70. The van der Waals surface area contributed by atoms with E-state index in [0.29, 0.717) is 13.0 Å². The predicted molar refractivity (Wildman–Crippen MR) is 130 cm³/mol. The van der Waals surface area contributed by atoms with E-state index in [-0.39, 0.29) is 35.1 Å². The summed E-state index contributed by atoms with van der Waals surface area (Å²) in [6.45, 7) is 18.6. The highest BCUT2D eigenvalue weighted by Crippen LogP contribution is 2.20. The molecule has 9 nitrogen and oxygen atoms in total. The van der Waals surface area contributed by atoms with Gasteiger partial charge in [0, 0.05) is 5.92 Å². The molecule has 33 heavy (non-hydrogen) atoms. The molecule has 10 heteroatoms. The molecule has 2 unspecified atom stereocenters. The molecule has 0 saturated carbocycles. The molecule has 0 aromatic carbocycles. The second kappa shape index (κ2) is 16.9. The third-order valence-corrected chi connectivity index (χ3v) is 6.07. The Balaban J connectivity index is -0.000000433. The van der Waals surface area contributed by atoms with E-state index in [2.05, 4.69) is 10.1 Å². The molecule has 198 valence electrons. The van der Waals surface area contributed by atoms with Gasteiger partial charge in [0.25, 0.3) is 10.1 Å². The maximum Gasteiger partial charge on any atom is 0.311 e. The standard InChI is InChI=1S/C9H19NO4S.2C7H14O2/c1-5-7(2)8(11)10-9(3,4)6-15(12,13)14;1-5-7(2,3)6(8)9-4;1-4-6(3)7(8)9-5-2/h7H,5-6H2,1-4H3,(H,10,11)(H,12,13,14);5H2,1-4H3;6H,4-5H2,1-3H3. The molecule has 0 radical (unpaired) electrons. The number of ether oxygens (including phenoxy) is 2. The fourth-order valence-electron chi connectivity index (χ4n) is 2.01. The fourth-order valence-corrected chi connectivity index (χ4v) is 2.99. The molecule has 0 aromatic heterocycles. The number of carbonyl (C=O) groups is 3. The molecule has 0 aliphatic heterocycles. The second-order valence-electron chi connectivity index (χ2n) is 9.20. The number of carbonyl (C=O) groups excluding carboxylic acids is 3. The van der Waals surface area contributed by atoms with Gasteiger partial charge in [-0.15, -0.1) is 0 Å². The lowest BCUT2D eigenvalue weighted by Crippen LogP contribution is -2.49. The molecule has 0 saturated heterocycles. The van der Waals surface area contributed by atoms with Gasteiger partial charge in [0.2, 0.25) is 5.91 Å². The number of esters is 2. The lowest BCUT2D eigenvalue weighted by atomic mass is 9.91. The van der Waals surface area contributed by atoms with Crippen LogP contribution in [0.2, 0.25) is 0 Å². The number of rotatable bonds is 10. The van der Waals surface area contributed by atoms with Crippen molar-refractivity contribution in [3.05, 3.63) is 0 Å². The minimum Gasteiger partial charge on any atom is -0.469 e. The van der Waals surface area contributed by atoms with E-state index >= 15 is 0 Å². The van der Waals surface area contributed by atoms with Crippen molar-refractivity contribution in [2.45, 2.75) is 94.0 Å². The van der Waals surface area contributed by atoms with E-state index in [1.807, 2.05) is 48.5 Å². The van der Waals surface area contributed by atoms with Crippen LogP contribution in [0, 0.1) is 17.3 Å². The van der Waals surface area contributed by atoms with E-state index in [1.54, 1.807) is 20.8 Å². The number of hydrogen-bond donors (Lipinski definition) is 2. The van der Waals surface area contributed by atoms with Crippen molar-refractivity contribution in [3.63, 3.8) is 0 Å². The van der Waals surface area contributed by atoms with Crippen molar-refractivity contribution < 1.29 is 36.8 Å². The maximum absolute atomic E-state index is 11.5. The van der Waals surface area contributed by atoms with Crippen LogP contribution in [-0.2, 0) is 34.0 Å². The van der Waals surface area contributed by atoms with Crippen LogP contribution in [0.25, 0.3) is 0 Å². The normalized spacial score (nSPS) is 13.2. The molecule has 0 bridgehead atoms. The zero-order valence-corrected chi connectivity index (χ0v) is 23.2. The molecule has 0 rings (SSSR count). The van der Waals surface area contributed by atoms with Gasteiger partial charge in [-0.2, -0.15) is 8.42 Å². The summed E-state index contributed by atoms with van der Waals surface area (Å²) in [4.78, 5) is 33.1. The first kappa shape index (κ1) is 35.9. The van der Waals surface area contributed by atoms with Gasteiger partial charge in [0.1, 0.15) is 0 Å². The fraction of sp³-hybridized carbons (Fsp3) is 0.870. The molecule has 0 aliphatic carbocycles. The lowest BCUT2D eigenvalue weighted by Gasteiger charge is -2.26. The minimum atomic E-state index is -4.07. The molecule has 2 atom stereocenters. The summed E-state index contributed by atoms with van der Waals surface area (Å²) in [5.74, 6) is -1.01. The molecular weight excluding hydrogens is 450 g/mol. The Kier molecular flexibility index (Phi) is 18.3. The van der Waals surface area contributed by atoms with Gasteiger partial charge in [-0.3, -0.25) is 18.9 Å². The van der Waals surface area contributed by atoms with Gasteiger partial charge in [-0.05, 0) is 53.9 Å². The minimum absolute atomic E-state index is 0.0601. The van der Waals surface area contributed by atoms with Crippen LogP contribution in [0.1, 0.15) is 88.5 Å². The van der Waals surface area contributed by atoms with Crippen molar-refractivity contribution in [1.29, 1.82) is 0 Å². The number of nitrogens with one attached hydrogen (secondary N) is 1. The number of methoxy groups -OCH3 is 1. The summed E-state index contributed by atoms with van der Waals surface area (Å²) in [6, 6.07) is 0. The third kappa shape index (κ3) is 19.5. The molecule has 0 heterocycles. The van der Waals surface area contributed by atoms with Crippen LogP contribution >= 0.6 is 0 Å². The van der Waals surface area contributed by atoms with Crippen molar-refractivity contribution in [1.82, 2.24) is 5.32 Å². The Labute approximate surface area is 201 Å². The topological polar surface area (TPSA) is 136 Å². The van der Waals surface area contributed by atoms with E-state index in [1.165, 1.54) is 7.11 Å². The summed E-state index contributed by atoms with van der Waals surface area (Å²) in [7, 11) is -2.66. The Bertz CT molecular complexity index is 687. The largest absolute Gasteiger partial charge is 0.469 e. The summed E-state index contributed by atoms with van der Waals surface area (Å²) >= 11 is 0. The lowest BCUT2D eigenvalue weighted by molar-refractivity contribution is -0.151. The van der Waals surface area contributed by atoms with E-state index in [0.717, 1.165) is 12.8 Å². The summed E-state index contributed by atoms with van der Waals surface area (Å²) in [5.41, 5.74) is -1.26. The van der Waals surface area contributed by atoms with Crippen molar-refractivity contribution >= 4 is 28.0 Å². The Hall–Kier alpha value is -1.68. The smallest absolute Gasteiger partial charge is 0.311 e. The highest BCUT2D eigenvalue weighted by Gasteiger charge is 2.28. The summed E-state index contributed by atoms with van der Waals surface area (Å²) < 4.78 is 39.3. The van der Waals surface area contributed by atoms with Crippen LogP contribution in [0.15, 0.2) is 0 Å².